The highest BCUT2D eigenvalue weighted by atomic mass is 32.2. The maximum absolute atomic E-state index is 12.2. The number of amides is 1. The standard InChI is InChI=1S/C16H22N2O2S/c1-4-9-18(10-5-2)16(19)12-21-15-11-13(20-6-3)7-8-14(15)17/h4-5,7-8,11H,1-2,6,9-10,12,17H2,3H3. The second-order valence-corrected chi connectivity index (χ2v) is 5.31. The third kappa shape index (κ3) is 5.55. The Morgan fingerprint density at radius 2 is 2.05 bits per heavy atom. The van der Waals surface area contributed by atoms with Crippen LogP contribution in [0.1, 0.15) is 6.92 Å². The molecular weight excluding hydrogens is 284 g/mol. The van der Waals surface area contributed by atoms with E-state index in [2.05, 4.69) is 13.2 Å². The van der Waals surface area contributed by atoms with Gasteiger partial charge >= 0.3 is 0 Å². The zero-order valence-electron chi connectivity index (χ0n) is 12.4. The number of ether oxygens (including phenoxy) is 1. The van der Waals surface area contributed by atoms with Crippen LogP contribution >= 0.6 is 11.8 Å². The van der Waals surface area contributed by atoms with Gasteiger partial charge in [-0.1, -0.05) is 12.2 Å². The molecule has 0 aliphatic heterocycles. The predicted octanol–water partition coefficient (Wildman–Crippen LogP) is 2.96. The van der Waals surface area contributed by atoms with Crippen molar-refractivity contribution in [3.63, 3.8) is 0 Å². The molecule has 1 amide bonds. The van der Waals surface area contributed by atoms with E-state index >= 15 is 0 Å². The Kier molecular flexibility index (Phi) is 7.46. The molecule has 0 aliphatic carbocycles. The van der Waals surface area contributed by atoms with Crippen molar-refractivity contribution in [1.29, 1.82) is 0 Å². The molecule has 1 rings (SSSR count). The molecule has 1 aromatic rings. The first-order valence-corrected chi connectivity index (χ1v) is 7.75. The van der Waals surface area contributed by atoms with E-state index in [1.54, 1.807) is 23.1 Å². The third-order valence-corrected chi connectivity index (χ3v) is 3.75. The van der Waals surface area contributed by atoms with E-state index < -0.39 is 0 Å². The summed E-state index contributed by atoms with van der Waals surface area (Å²) in [4.78, 5) is 14.7. The van der Waals surface area contributed by atoms with Crippen molar-refractivity contribution in [2.24, 2.45) is 0 Å². The normalized spacial score (nSPS) is 9.95. The molecule has 0 unspecified atom stereocenters. The summed E-state index contributed by atoms with van der Waals surface area (Å²) in [6.07, 6.45) is 3.41. The fraction of sp³-hybridized carbons (Fsp3) is 0.312. The number of carbonyl (C=O) groups is 1. The minimum atomic E-state index is 0.0287. The number of anilines is 1. The van der Waals surface area contributed by atoms with E-state index in [9.17, 15) is 4.79 Å². The van der Waals surface area contributed by atoms with E-state index in [1.165, 1.54) is 11.8 Å². The van der Waals surface area contributed by atoms with Crippen molar-refractivity contribution in [3.8, 4) is 5.75 Å². The van der Waals surface area contributed by atoms with E-state index in [4.69, 9.17) is 10.5 Å². The Balaban J connectivity index is 2.68. The van der Waals surface area contributed by atoms with E-state index in [1.807, 2.05) is 19.1 Å². The summed E-state index contributed by atoms with van der Waals surface area (Å²) < 4.78 is 5.44. The van der Waals surface area contributed by atoms with Crippen molar-refractivity contribution < 1.29 is 9.53 Å². The van der Waals surface area contributed by atoms with Gasteiger partial charge in [-0.25, -0.2) is 0 Å². The van der Waals surface area contributed by atoms with Crippen LogP contribution in [0, 0.1) is 0 Å². The topological polar surface area (TPSA) is 55.6 Å². The monoisotopic (exact) mass is 306 g/mol. The number of hydrogen-bond donors (Lipinski definition) is 1. The number of nitrogens with zero attached hydrogens (tertiary/aromatic N) is 1. The maximum atomic E-state index is 12.2. The molecule has 2 N–H and O–H groups in total. The van der Waals surface area contributed by atoms with Crippen LogP contribution in [0.25, 0.3) is 0 Å². The van der Waals surface area contributed by atoms with Crippen LogP contribution in [0.4, 0.5) is 5.69 Å². The fourth-order valence-corrected chi connectivity index (χ4v) is 2.61. The SMILES string of the molecule is C=CCN(CC=C)C(=O)CSc1cc(OCC)ccc1N. The molecule has 0 heterocycles. The first kappa shape index (κ1) is 17.2. The molecule has 0 radical (unpaired) electrons. The maximum Gasteiger partial charge on any atom is 0.233 e. The first-order chi connectivity index (χ1) is 10.1. The fourth-order valence-electron chi connectivity index (χ4n) is 1.72. The zero-order chi connectivity index (χ0) is 15.7. The highest BCUT2D eigenvalue weighted by Crippen LogP contribution is 2.29. The minimum Gasteiger partial charge on any atom is -0.494 e. The van der Waals surface area contributed by atoms with Gasteiger partial charge in [0.25, 0.3) is 0 Å². The summed E-state index contributed by atoms with van der Waals surface area (Å²) in [5.41, 5.74) is 6.58. The lowest BCUT2D eigenvalue weighted by Crippen LogP contribution is -2.32. The molecular formula is C16H22N2O2S. The average Bonchev–Trinajstić information content (AvgIpc) is 2.47. The van der Waals surface area contributed by atoms with Crippen LogP contribution in [-0.2, 0) is 4.79 Å². The number of benzene rings is 1. The van der Waals surface area contributed by atoms with Crippen molar-refractivity contribution >= 4 is 23.4 Å². The number of thioether (sulfide) groups is 1. The van der Waals surface area contributed by atoms with Gasteiger partial charge in [0, 0.05) is 23.7 Å². The molecule has 0 spiro atoms. The molecule has 0 bridgehead atoms. The Bertz CT molecular complexity index is 493. The lowest BCUT2D eigenvalue weighted by molar-refractivity contribution is -0.127. The van der Waals surface area contributed by atoms with Gasteiger partial charge in [-0.15, -0.1) is 24.9 Å². The van der Waals surface area contributed by atoms with Gasteiger partial charge in [0.1, 0.15) is 5.75 Å². The smallest absolute Gasteiger partial charge is 0.233 e. The summed E-state index contributed by atoms with van der Waals surface area (Å²) in [5, 5.41) is 0. The Morgan fingerprint density at radius 1 is 1.38 bits per heavy atom. The predicted molar refractivity (Wildman–Crippen MR) is 89.7 cm³/mol. The van der Waals surface area contributed by atoms with Gasteiger partial charge in [-0.3, -0.25) is 4.79 Å². The Morgan fingerprint density at radius 3 is 2.62 bits per heavy atom. The van der Waals surface area contributed by atoms with Gasteiger partial charge in [0.05, 0.1) is 12.4 Å². The Hall–Kier alpha value is -1.88. The summed E-state index contributed by atoms with van der Waals surface area (Å²) in [6.45, 7) is 10.9. The lowest BCUT2D eigenvalue weighted by Gasteiger charge is -2.19. The summed E-state index contributed by atoms with van der Waals surface area (Å²) >= 11 is 1.41. The van der Waals surface area contributed by atoms with Gasteiger partial charge in [-0.2, -0.15) is 0 Å². The van der Waals surface area contributed by atoms with Crippen LogP contribution < -0.4 is 10.5 Å². The van der Waals surface area contributed by atoms with E-state index in [0.29, 0.717) is 31.1 Å². The summed E-state index contributed by atoms with van der Waals surface area (Å²) in [7, 11) is 0. The van der Waals surface area contributed by atoms with Gasteiger partial charge in [-0.05, 0) is 25.1 Å². The molecule has 4 nitrogen and oxygen atoms in total. The van der Waals surface area contributed by atoms with Gasteiger partial charge in [0.2, 0.25) is 5.91 Å². The molecule has 0 saturated carbocycles. The van der Waals surface area contributed by atoms with Crippen LogP contribution in [0.15, 0.2) is 48.4 Å². The van der Waals surface area contributed by atoms with Crippen LogP contribution in [0.2, 0.25) is 0 Å². The average molecular weight is 306 g/mol. The van der Waals surface area contributed by atoms with E-state index in [-0.39, 0.29) is 5.91 Å². The number of hydrogen-bond acceptors (Lipinski definition) is 4. The molecule has 0 aliphatic rings. The molecule has 0 saturated heterocycles. The lowest BCUT2D eigenvalue weighted by atomic mass is 10.3. The van der Waals surface area contributed by atoms with Crippen molar-refractivity contribution in [2.75, 3.05) is 31.2 Å². The van der Waals surface area contributed by atoms with Crippen LogP contribution in [0.3, 0.4) is 0 Å². The number of rotatable bonds is 9. The second-order valence-electron chi connectivity index (χ2n) is 4.30. The third-order valence-electron chi connectivity index (χ3n) is 2.70. The van der Waals surface area contributed by atoms with Crippen LogP contribution in [0.5, 0.6) is 5.75 Å². The zero-order valence-corrected chi connectivity index (χ0v) is 13.2. The summed E-state index contributed by atoms with van der Waals surface area (Å²) in [5.74, 6) is 1.11. The van der Waals surface area contributed by atoms with Crippen molar-refractivity contribution in [1.82, 2.24) is 4.90 Å². The van der Waals surface area contributed by atoms with Gasteiger partial charge < -0.3 is 15.4 Å². The number of carbonyl (C=O) groups excluding carboxylic acids is 1. The number of nitrogens with two attached hydrogens (primary N) is 1. The van der Waals surface area contributed by atoms with Crippen LogP contribution in [-0.4, -0.2) is 36.3 Å². The minimum absolute atomic E-state index is 0.0287. The quantitative estimate of drug-likeness (QED) is 0.433. The van der Waals surface area contributed by atoms with E-state index in [0.717, 1.165) is 10.6 Å². The highest BCUT2D eigenvalue weighted by Gasteiger charge is 2.12. The second kappa shape index (κ2) is 9.13. The first-order valence-electron chi connectivity index (χ1n) is 6.77. The number of nitrogen functional groups attached to an aromatic ring is 1. The molecule has 0 aromatic heterocycles. The summed E-state index contributed by atoms with van der Waals surface area (Å²) in [6, 6.07) is 5.48. The van der Waals surface area contributed by atoms with Gasteiger partial charge in [0.15, 0.2) is 0 Å². The molecule has 0 fully saturated rings. The molecule has 1 aromatic carbocycles. The largest absolute Gasteiger partial charge is 0.494 e. The Labute approximate surface area is 130 Å². The van der Waals surface area contributed by atoms with Crippen molar-refractivity contribution in [2.45, 2.75) is 11.8 Å². The molecule has 21 heavy (non-hydrogen) atoms. The molecule has 0 atom stereocenters. The molecule has 114 valence electrons. The highest BCUT2D eigenvalue weighted by molar-refractivity contribution is 8.00. The van der Waals surface area contributed by atoms with Crippen molar-refractivity contribution in [3.05, 3.63) is 43.5 Å². The molecule has 5 heteroatoms.